The number of aryl methyl sites for hydroxylation is 1. The first-order valence-corrected chi connectivity index (χ1v) is 6.28. The molecule has 1 atom stereocenters. The van der Waals surface area contributed by atoms with Gasteiger partial charge in [-0.15, -0.1) is 0 Å². The molecule has 0 spiro atoms. The van der Waals surface area contributed by atoms with Crippen molar-refractivity contribution in [2.24, 2.45) is 11.7 Å². The van der Waals surface area contributed by atoms with E-state index in [1.807, 2.05) is 6.92 Å². The maximum Gasteiger partial charge on any atom is 0.251 e. The van der Waals surface area contributed by atoms with E-state index < -0.39 is 0 Å². The van der Waals surface area contributed by atoms with Gasteiger partial charge < -0.3 is 16.2 Å². The third-order valence-electron chi connectivity index (χ3n) is 3.76. The van der Waals surface area contributed by atoms with Crippen LogP contribution in [-0.2, 0) is 0 Å². The summed E-state index contributed by atoms with van der Waals surface area (Å²) in [5, 5.41) is 12.5. The van der Waals surface area contributed by atoms with Gasteiger partial charge in [-0.05, 0) is 56.4 Å². The summed E-state index contributed by atoms with van der Waals surface area (Å²) in [4.78, 5) is 12.2. The Labute approximate surface area is 107 Å². The maximum atomic E-state index is 12.2. The Balaban J connectivity index is 2.13. The van der Waals surface area contributed by atoms with Crippen molar-refractivity contribution < 1.29 is 9.90 Å². The second-order valence-electron chi connectivity index (χ2n) is 5.35. The predicted octanol–water partition coefficient (Wildman–Crippen LogP) is 1.56. The van der Waals surface area contributed by atoms with Gasteiger partial charge >= 0.3 is 0 Å². The van der Waals surface area contributed by atoms with E-state index in [9.17, 15) is 9.90 Å². The summed E-state index contributed by atoms with van der Waals surface area (Å²) >= 11 is 0. The first-order valence-electron chi connectivity index (χ1n) is 6.28. The second kappa shape index (κ2) is 4.61. The zero-order valence-electron chi connectivity index (χ0n) is 10.9. The number of aromatic hydroxyl groups is 1. The van der Waals surface area contributed by atoms with Crippen LogP contribution in [0.25, 0.3) is 0 Å². The van der Waals surface area contributed by atoms with Crippen LogP contribution in [0.3, 0.4) is 0 Å². The average molecular weight is 248 g/mol. The fourth-order valence-electron chi connectivity index (χ4n) is 2.17. The number of benzene rings is 1. The minimum absolute atomic E-state index is 0.127. The summed E-state index contributed by atoms with van der Waals surface area (Å²) < 4.78 is 0. The van der Waals surface area contributed by atoms with Crippen molar-refractivity contribution in [3.8, 4) is 5.75 Å². The van der Waals surface area contributed by atoms with Gasteiger partial charge in [0.25, 0.3) is 5.91 Å². The highest BCUT2D eigenvalue weighted by Crippen LogP contribution is 2.39. The Hall–Kier alpha value is -1.55. The van der Waals surface area contributed by atoms with Crippen molar-refractivity contribution in [2.45, 2.75) is 32.2 Å². The van der Waals surface area contributed by atoms with Gasteiger partial charge in [0.15, 0.2) is 0 Å². The van der Waals surface area contributed by atoms with Crippen LogP contribution in [0.15, 0.2) is 18.2 Å². The second-order valence-corrected chi connectivity index (χ2v) is 5.35. The van der Waals surface area contributed by atoms with E-state index in [1.165, 1.54) is 0 Å². The van der Waals surface area contributed by atoms with Gasteiger partial charge in [-0.2, -0.15) is 0 Å². The lowest BCUT2D eigenvalue weighted by Crippen LogP contribution is -2.53. The number of nitrogens with one attached hydrogen (secondary N) is 1. The number of carbonyl (C=O) groups is 1. The van der Waals surface area contributed by atoms with Crippen LogP contribution in [-0.4, -0.2) is 23.1 Å². The first-order chi connectivity index (χ1) is 8.46. The molecular formula is C14H20N2O2. The molecule has 0 heterocycles. The summed E-state index contributed by atoms with van der Waals surface area (Å²) in [7, 11) is 0. The van der Waals surface area contributed by atoms with Crippen molar-refractivity contribution in [1.29, 1.82) is 0 Å². The van der Waals surface area contributed by atoms with Crippen LogP contribution in [0.2, 0.25) is 0 Å². The highest BCUT2D eigenvalue weighted by Gasteiger charge is 2.41. The molecule has 2 rings (SSSR count). The summed E-state index contributed by atoms with van der Waals surface area (Å²) in [6, 6.07) is 4.86. The fraction of sp³-hybridized carbons (Fsp3) is 0.500. The van der Waals surface area contributed by atoms with E-state index in [0.717, 1.165) is 12.8 Å². The lowest BCUT2D eigenvalue weighted by molar-refractivity contribution is 0.0897. The molecule has 1 aliphatic rings. The molecule has 18 heavy (non-hydrogen) atoms. The zero-order chi connectivity index (χ0) is 13.3. The van der Waals surface area contributed by atoms with Gasteiger partial charge in [0, 0.05) is 12.1 Å². The van der Waals surface area contributed by atoms with Crippen LogP contribution in [0.4, 0.5) is 0 Å². The third-order valence-corrected chi connectivity index (χ3v) is 3.76. The quantitative estimate of drug-likeness (QED) is 0.757. The molecule has 1 aromatic carbocycles. The maximum absolute atomic E-state index is 12.2. The molecule has 0 aromatic heterocycles. The third kappa shape index (κ3) is 2.48. The number of phenols is 1. The molecule has 0 saturated heterocycles. The highest BCUT2D eigenvalue weighted by atomic mass is 16.3. The van der Waals surface area contributed by atoms with E-state index in [-0.39, 0.29) is 17.2 Å². The number of amides is 1. The number of rotatable bonds is 4. The Morgan fingerprint density at radius 1 is 1.56 bits per heavy atom. The molecule has 0 bridgehead atoms. The Bertz CT molecular complexity index is 469. The van der Waals surface area contributed by atoms with E-state index in [4.69, 9.17) is 5.73 Å². The normalized spacial score (nSPS) is 18.2. The monoisotopic (exact) mass is 248 g/mol. The number of phenolic OH excluding ortho intramolecular Hbond substituents is 1. The van der Waals surface area contributed by atoms with Crippen molar-refractivity contribution in [3.05, 3.63) is 29.3 Å². The van der Waals surface area contributed by atoms with Crippen molar-refractivity contribution in [2.75, 3.05) is 6.54 Å². The lowest BCUT2D eigenvalue weighted by Gasteiger charge is -2.29. The topological polar surface area (TPSA) is 75.4 Å². The summed E-state index contributed by atoms with van der Waals surface area (Å²) in [6.07, 6.45) is 2.26. The van der Waals surface area contributed by atoms with Crippen LogP contribution in [0.1, 0.15) is 35.7 Å². The predicted molar refractivity (Wildman–Crippen MR) is 70.5 cm³/mol. The Kier molecular flexibility index (Phi) is 3.30. The Morgan fingerprint density at radius 2 is 2.22 bits per heavy atom. The van der Waals surface area contributed by atoms with Gasteiger partial charge in [0.1, 0.15) is 5.75 Å². The SMILES string of the molecule is Cc1cc(C(=O)NC(C)(CN)C2CC2)ccc1O. The molecule has 0 radical (unpaired) electrons. The number of hydrogen-bond donors (Lipinski definition) is 3. The standard InChI is InChI=1S/C14H20N2O2/c1-9-7-10(3-6-12(9)17)13(18)16-14(2,8-15)11-4-5-11/h3,6-7,11,17H,4-5,8,15H2,1-2H3,(H,16,18). The molecule has 1 unspecified atom stereocenters. The molecule has 1 aromatic rings. The molecule has 0 aliphatic heterocycles. The zero-order valence-corrected chi connectivity index (χ0v) is 10.9. The molecule has 4 heteroatoms. The number of hydrogen-bond acceptors (Lipinski definition) is 3. The molecule has 4 N–H and O–H groups in total. The molecule has 98 valence electrons. The fourth-order valence-corrected chi connectivity index (χ4v) is 2.17. The van der Waals surface area contributed by atoms with Crippen LogP contribution < -0.4 is 11.1 Å². The molecule has 1 saturated carbocycles. The van der Waals surface area contributed by atoms with Gasteiger partial charge in [0.2, 0.25) is 0 Å². The van der Waals surface area contributed by atoms with Gasteiger partial charge in [-0.1, -0.05) is 0 Å². The summed E-state index contributed by atoms with van der Waals surface area (Å²) in [6.45, 7) is 4.21. The first kappa shape index (κ1) is 12.9. The molecule has 4 nitrogen and oxygen atoms in total. The number of nitrogens with two attached hydrogens (primary N) is 1. The van der Waals surface area contributed by atoms with Gasteiger partial charge in [-0.3, -0.25) is 4.79 Å². The van der Waals surface area contributed by atoms with Crippen molar-refractivity contribution in [3.63, 3.8) is 0 Å². The van der Waals surface area contributed by atoms with E-state index in [0.29, 0.717) is 23.6 Å². The minimum atomic E-state index is -0.317. The van der Waals surface area contributed by atoms with Crippen molar-refractivity contribution >= 4 is 5.91 Å². The number of carbonyl (C=O) groups excluding carboxylic acids is 1. The van der Waals surface area contributed by atoms with Crippen LogP contribution in [0, 0.1) is 12.8 Å². The average Bonchev–Trinajstić information content (AvgIpc) is 3.16. The van der Waals surface area contributed by atoms with Crippen LogP contribution in [0.5, 0.6) is 5.75 Å². The van der Waals surface area contributed by atoms with E-state index in [2.05, 4.69) is 5.32 Å². The molecule has 1 amide bonds. The van der Waals surface area contributed by atoms with Gasteiger partial charge in [0.05, 0.1) is 5.54 Å². The van der Waals surface area contributed by atoms with E-state index in [1.54, 1.807) is 25.1 Å². The highest BCUT2D eigenvalue weighted by molar-refractivity contribution is 5.95. The minimum Gasteiger partial charge on any atom is -0.508 e. The smallest absolute Gasteiger partial charge is 0.251 e. The van der Waals surface area contributed by atoms with Crippen molar-refractivity contribution in [1.82, 2.24) is 5.32 Å². The van der Waals surface area contributed by atoms with E-state index >= 15 is 0 Å². The summed E-state index contributed by atoms with van der Waals surface area (Å²) in [5.41, 5.74) is 6.72. The van der Waals surface area contributed by atoms with Crippen LogP contribution >= 0.6 is 0 Å². The Morgan fingerprint density at radius 3 is 2.72 bits per heavy atom. The molecular weight excluding hydrogens is 228 g/mol. The summed E-state index contributed by atoms with van der Waals surface area (Å²) in [5.74, 6) is 0.568. The van der Waals surface area contributed by atoms with Gasteiger partial charge in [-0.25, -0.2) is 0 Å². The lowest BCUT2D eigenvalue weighted by atomic mass is 9.95. The molecule has 1 fully saturated rings. The molecule has 1 aliphatic carbocycles. The largest absolute Gasteiger partial charge is 0.508 e.